The summed E-state index contributed by atoms with van der Waals surface area (Å²) in [6.07, 6.45) is 0.0481. The second kappa shape index (κ2) is 7.93. The zero-order valence-corrected chi connectivity index (χ0v) is 11.3. The van der Waals surface area contributed by atoms with E-state index in [1.807, 2.05) is 36.4 Å². The topological polar surface area (TPSA) is 62.1 Å². The number of nitrogens with one attached hydrogen (secondary N) is 1. The van der Waals surface area contributed by atoms with Crippen molar-refractivity contribution in [3.05, 3.63) is 47.2 Å². The standard InChI is InChI=1S/C15H18N2O2/c1-3-19-15(18)14(9-10-16)12(2)17-11-13-7-5-4-6-8-13/h4-8,17H,3,9,11H2,1-2H3/b14-12-. The van der Waals surface area contributed by atoms with Crippen LogP contribution in [0, 0.1) is 11.3 Å². The van der Waals surface area contributed by atoms with Gasteiger partial charge in [0.1, 0.15) is 0 Å². The minimum atomic E-state index is -0.429. The van der Waals surface area contributed by atoms with Crippen molar-refractivity contribution in [1.82, 2.24) is 5.32 Å². The molecule has 1 aromatic carbocycles. The number of hydrogen-bond acceptors (Lipinski definition) is 4. The summed E-state index contributed by atoms with van der Waals surface area (Å²) in [4.78, 5) is 11.7. The number of carbonyl (C=O) groups excluding carboxylic acids is 1. The molecule has 19 heavy (non-hydrogen) atoms. The first kappa shape index (κ1) is 14.8. The van der Waals surface area contributed by atoms with Crippen molar-refractivity contribution in [3.63, 3.8) is 0 Å². The summed E-state index contributed by atoms with van der Waals surface area (Å²) in [5.41, 5.74) is 2.19. The molecule has 0 unspecified atom stereocenters. The largest absolute Gasteiger partial charge is 0.463 e. The van der Waals surface area contributed by atoms with E-state index in [4.69, 9.17) is 10.00 Å². The van der Waals surface area contributed by atoms with E-state index in [2.05, 4.69) is 5.32 Å². The monoisotopic (exact) mass is 258 g/mol. The normalized spacial score (nSPS) is 11.2. The lowest BCUT2D eigenvalue weighted by Crippen LogP contribution is -2.18. The van der Waals surface area contributed by atoms with Crippen molar-refractivity contribution in [2.75, 3.05) is 6.61 Å². The summed E-state index contributed by atoms with van der Waals surface area (Å²) in [5.74, 6) is -0.429. The summed E-state index contributed by atoms with van der Waals surface area (Å²) >= 11 is 0. The van der Waals surface area contributed by atoms with E-state index in [9.17, 15) is 4.79 Å². The lowest BCUT2D eigenvalue weighted by Gasteiger charge is -2.11. The highest BCUT2D eigenvalue weighted by atomic mass is 16.5. The number of rotatable bonds is 6. The molecule has 0 saturated carbocycles. The second-order valence-electron chi connectivity index (χ2n) is 4.00. The van der Waals surface area contributed by atoms with Crippen LogP contribution in [0.2, 0.25) is 0 Å². The van der Waals surface area contributed by atoms with Gasteiger partial charge in [-0.15, -0.1) is 0 Å². The molecule has 0 heterocycles. The molecule has 4 nitrogen and oxygen atoms in total. The fourth-order valence-corrected chi connectivity index (χ4v) is 1.59. The number of nitriles is 1. The van der Waals surface area contributed by atoms with Crippen LogP contribution in [-0.2, 0) is 16.1 Å². The lowest BCUT2D eigenvalue weighted by atomic mass is 10.1. The number of carbonyl (C=O) groups is 1. The number of nitrogens with zero attached hydrogens (tertiary/aromatic N) is 1. The summed E-state index contributed by atoms with van der Waals surface area (Å²) in [5, 5.41) is 11.9. The Labute approximate surface area is 113 Å². The van der Waals surface area contributed by atoms with E-state index < -0.39 is 5.97 Å². The predicted octanol–water partition coefficient (Wildman–Crippen LogP) is 2.53. The molecule has 0 bridgehead atoms. The van der Waals surface area contributed by atoms with Crippen LogP contribution in [0.5, 0.6) is 0 Å². The van der Waals surface area contributed by atoms with Gasteiger partial charge in [0, 0.05) is 12.2 Å². The molecule has 0 spiro atoms. The van der Waals surface area contributed by atoms with Gasteiger partial charge >= 0.3 is 5.97 Å². The van der Waals surface area contributed by atoms with E-state index in [0.29, 0.717) is 24.4 Å². The third-order valence-electron chi connectivity index (χ3n) is 2.63. The molecule has 0 fully saturated rings. The molecule has 100 valence electrons. The first-order chi connectivity index (χ1) is 9.19. The molecule has 0 amide bonds. The Morgan fingerprint density at radius 1 is 1.37 bits per heavy atom. The van der Waals surface area contributed by atoms with E-state index in [1.54, 1.807) is 13.8 Å². The van der Waals surface area contributed by atoms with Gasteiger partial charge in [-0.05, 0) is 19.4 Å². The molecular weight excluding hydrogens is 240 g/mol. The van der Waals surface area contributed by atoms with E-state index in [0.717, 1.165) is 5.56 Å². The fourth-order valence-electron chi connectivity index (χ4n) is 1.59. The Kier molecular flexibility index (Phi) is 6.17. The average molecular weight is 258 g/mol. The Hall–Kier alpha value is -2.28. The molecule has 1 rings (SSSR count). The lowest BCUT2D eigenvalue weighted by molar-refractivity contribution is -0.138. The fraction of sp³-hybridized carbons (Fsp3) is 0.333. The van der Waals surface area contributed by atoms with Crippen LogP contribution in [0.3, 0.4) is 0 Å². The molecule has 1 N–H and O–H groups in total. The van der Waals surface area contributed by atoms with Crippen molar-refractivity contribution in [1.29, 1.82) is 5.26 Å². The Bertz CT molecular complexity index is 487. The van der Waals surface area contributed by atoms with Gasteiger partial charge in [-0.1, -0.05) is 30.3 Å². The summed E-state index contributed by atoms with van der Waals surface area (Å²) in [6, 6.07) is 11.8. The third kappa shape index (κ3) is 4.84. The van der Waals surface area contributed by atoms with Crippen LogP contribution in [0.25, 0.3) is 0 Å². The van der Waals surface area contributed by atoms with Crippen LogP contribution < -0.4 is 5.32 Å². The first-order valence-corrected chi connectivity index (χ1v) is 6.20. The highest BCUT2D eigenvalue weighted by molar-refractivity contribution is 5.89. The summed E-state index contributed by atoms with van der Waals surface area (Å²) in [7, 11) is 0. The van der Waals surface area contributed by atoms with E-state index >= 15 is 0 Å². The molecule has 0 aliphatic heterocycles. The summed E-state index contributed by atoms with van der Waals surface area (Å²) in [6.45, 7) is 4.45. The van der Waals surface area contributed by atoms with Gasteiger partial charge in [-0.2, -0.15) is 5.26 Å². The first-order valence-electron chi connectivity index (χ1n) is 6.20. The SMILES string of the molecule is CCOC(=O)/C(CC#N)=C(/C)NCc1ccccc1. The van der Waals surface area contributed by atoms with Gasteiger partial charge < -0.3 is 10.1 Å². The van der Waals surface area contributed by atoms with Crippen molar-refractivity contribution < 1.29 is 9.53 Å². The average Bonchev–Trinajstić information content (AvgIpc) is 2.43. The van der Waals surface area contributed by atoms with Gasteiger partial charge in [0.05, 0.1) is 24.7 Å². The van der Waals surface area contributed by atoms with Crippen molar-refractivity contribution >= 4 is 5.97 Å². The van der Waals surface area contributed by atoms with Crippen LogP contribution in [0.1, 0.15) is 25.8 Å². The minimum absolute atomic E-state index is 0.0481. The second-order valence-corrected chi connectivity index (χ2v) is 4.00. The molecule has 1 aromatic rings. The van der Waals surface area contributed by atoms with Crippen LogP contribution >= 0.6 is 0 Å². The molecule has 0 saturated heterocycles. The van der Waals surface area contributed by atoms with E-state index in [-0.39, 0.29) is 6.42 Å². The number of benzene rings is 1. The van der Waals surface area contributed by atoms with Crippen LogP contribution in [-0.4, -0.2) is 12.6 Å². The van der Waals surface area contributed by atoms with Gasteiger partial charge in [-0.3, -0.25) is 0 Å². The van der Waals surface area contributed by atoms with Gasteiger partial charge in [0.2, 0.25) is 0 Å². The number of hydrogen-bond donors (Lipinski definition) is 1. The van der Waals surface area contributed by atoms with Gasteiger partial charge in [0.15, 0.2) is 0 Å². The predicted molar refractivity (Wildman–Crippen MR) is 72.8 cm³/mol. The quantitative estimate of drug-likeness (QED) is 0.629. The highest BCUT2D eigenvalue weighted by Crippen LogP contribution is 2.09. The number of ether oxygens (including phenoxy) is 1. The maximum Gasteiger partial charge on any atom is 0.336 e. The Balaban J connectivity index is 2.74. The Morgan fingerprint density at radius 3 is 2.63 bits per heavy atom. The van der Waals surface area contributed by atoms with Gasteiger partial charge in [0.25, 0.3) is 0 Å². The van der Waals surface area contributed by atoms with Gasteiger partial charge in [-0.25, -0.2) is 4.79 Å². The van der Waals surface area contributed by atoms with Crippen LogP contribution in [0.4, 0.5) is 0 Å². The van der Waals surface area contributed by atoms with Crippen molar-refractivity contribution in [2.45, 2.75) is 26.8 Å². The molecule has 0 atom stereocenters. The molecule has 0 radical (unpaired) electrons. The number of esters is 1. The van der Waals surface area contributed by atoms with E-state index in [1.165, 1.54) is 0 Å². The minimum Gasteiger partial charge on any atom is -0.463 e. The molecular formula is C15H18N2O2. The molecule has 0 aromatic heterocycles. The highest BCUT2D eigenvalue weighted by Gasteiger charge is 2.13. The van der Waals surface area contributed by atoms with Crippen LogP contribution in [0.15, 0.2) is 41.6 Å². The molecule has 4 heteroatoms. The maximum atomic E-state index is 11.7. The van der Waals surface area contributed by atoms with Crippen molar-refractivity contribution in [3.8, 4) is 6.07 Å². The number of allylic oxidation sites excluding steroid dienone is 1. The Morgan fingerprint density at radius 2 is 2.05 bits per heavy atom. The third-order valence-corrected chi connectivity index (χ3v) is 2.63. The smallest absolute Gasteiger partial charge is 0.336 e. The summed E-state index contributed by atoms with van der Waals surface area (Å²) < 4.78 is 4.94. The zero-order valence-electron chi connectivity index (χ0n) is 11.3. The maximum absolute atomic E-state index is 11.7. The zero-order chi connectivity index (χ0) is 14.1. The molecule has 0 aliphatic carbocycles. The van der Waals surface area contributed by atoms with Crippen molar-refractivity contribution in [2.24, 2.45) is 0 Å². The molecule has 0 aliphatic rings.